The Bertz CT molecular complexity index is 317. The summed E-state index contributed by atoms with van der Waals surface area (Å²) in [6.45, 7) is 0. The Morgan fingerprint density at radius 2 is 2.00 bits per heavy atom. The lowest BCUT2D eigenvalue weighted by molar-refractivity contribution is -0.276. The zero-order chi connectivity index (χ0) is 10.1. The third kappa shape index (κ3) is 3.40. The summed E-state index contributed by atoms with van der Waals surface area (Å²) >= 11 is 8.37. The van der Waals surface area contributed by atoms with Gasteiger partial charge in [0.2, 0.25) is 5.88 Å². The molecule has 0 aliphatic carbocycles. The number of rotatable bonds is 1. The molecule has 1 aromatic heterocycles. The molecule has 1 aromatic rings. The van der Waals surface area contributed by atoms with Crippen molar-refractivity contribution in [2.45, 2.75) is 6.36 Å². The van der Waals surface area contributed by atoms with Crippen molar-refractivity contribution in [3.05, 3.63) is 21.8 Å². The highest BCUT2D eigenvalue weighted by Crippen LogP contribution is 2.26. The Balaban J connectivity index is 2.86. The lowest BCUT2D eigenvalue weighted by Gasteiger charge is -2.07. The molecule has 72 valence electrons. The predicted octanol–water partition coefficient (Wildman–Crippen LogP) is 3.40. The second kappa shape index (κ2) is 3.71. The summed E-state index contributed by atoms with van der Waals surface area (Å²) in [5.41, 5.74) is 0. The molecule has 13 heavy (non-hydrogen) atoms. The van der Waals surface area contributed by atoms with Crippen LogP contribution in [-0.2, 0) is 0 Å². The van der Waals surface area contributed by atoms with E-state index in [4.69, 9.17) is 11.6 Å². The van der Waals surface area contributed by atoms with E-state index in [0.717, 1.165) is 6.07 Å². The molecule has 0 aromatic carbocycles. The van der Waals surface area contributed by atoms with Gasteiger partial charge in [-0.1, -0.05) is 11.6 Å². The Morgan fingerprint density at radius 1 is 1.38 bits per heavy atom. The van der Waals surface area contributed by atoms with Gasteiger partial charge >= 0.3 is 6.36 Å². The van der Waals surface area contributed by atoms with Gasteiger partial charge in [-0.3, -0.25) is 0 Å². The van der Waals surface area contributed by atoms with Gasteiger partial charge in [0.1, 0.15) is 4.60 Å². The predicted molar refractivity (Wildman–Crippen MR) is 43.6 cm³/mol. The van der Waals surface area contributed by atoms with Crippen LogP contribution >= 0.6 is 27.5 Å². The van der Waals surface area contributed by atoms with Crippen LogP contribution in [0.25, 0.3) is 0 Å². The minimum absolute atomic E-state index is 0.107. The number of ether oxygens (including phenoxy) is 1. The lowest BCUT2D eigenvalue weighted by atomic mass is 10.5. The zero-order valence-corrected chi connectivity index (χ0v) is 8.24. The first-order chi connectivity index (χ1) is 5.88. The van der Waals surface area contributed by atoms with E-state index in [2.05, 4.69) is 25.7 Å². The van der Waals surface area contributed by atoms with Gasteiger partial charge in [0.05, 0.1) is 5.02 Å². The van der Waals surface area contributed by atoms with Gasteiger partial charge in [0.15, 0.2) is 0 Å². The van der Waals surface area contributed by atoms with Crippen LogP contribution in [0.15, 0.2) is 16.7 Å². The number of hydrogen-bond acceptors (Lipinski definition) is 2. The van der Waals surface area contributed by atoms with Crippen molar-refractivity contribution in [1.29, 1.82) is 0 Å². The van der Waals surface area contributed by atoms with Crippen LogP contribution in [-0.4, -0.2) is 11.3 Å². The molecule has 0 N–H and O–H groups in total. The number of hydrogen-bond donors (Lipinski definition) is 0. The standard InChI is InChI=1S/C6H2BrClF3NO/c7-5-3(8)1-2-4(12-5)13-6(9,10)11/h1-2H. The van der Waals surface area contributed by atoms with Crippen molar-refractivity contribution in [3.8, 4) is 5.88 Å². The first-order valence-corrected chi connectivity index (χ1v) is 4.13. The molecule has 2 nitrogen and oxygen atoms in total. The molecular weight excluding hydrogens is 274 g/mol. The molecule has 0 saturated heterocycles. The Morgan fingerprint density at radius 3 is 2.46 bits per heavy atom. The minimum Gasteiger partial charge on any atom is -0.388 e. The van der Waals surface area contributed by atoms with Crippen LogP contribution < -0.4 is 4.74 Å². The first kappa shape index (κ1) is 10.6. The lowest BCUT2D eigenvalue weighted by Crippen LogP contribution is -2.17. The second-order valence-corrected chi connectivity index (χ2v) is 3.13. The van der Waals surface area contributed by atoms with E-state index in [1.54, 1.807) is 0 Å². The maximum absolute atomic E-state index is 11.7. The summed E-state index contributed by atoms with van der Waals surface area (Å²) in [7, 11) is 0. The molecule has 0 bridgehead atoms. The number of aromatic nitrogens is 1. The maximum Gasteiger partial charge on any atom is 0.574 e. The summed E-state index contributed by atoms with van der Waals surface area (Å²) in [6.07, 6.45) is -4.74. The number of pyridine rings is 1. The van der Waals surface area contributed by atoms with Crippen LogP contribution in [0.1, 0.15) is 0 Å². The van der Waals surface area contributed by atoms with Gasteiger partial charge in [-0.15, -0.1) is 13.2 Å². The highest BCUT2D eigenvalue weighted by Gasteiger charge is 2.31. The Labute approximate surface area is 84.8 Å². The molecule has 7 heteroatoms. The monoisotopic (exact) mass is 275 g/mol. The van der Waals surface area contributed by atoms with E-state index in [9.17, 15) is 13.2 Å². The highest BCUT2D eigenvalue weighted by molar-refractivity contribution is 9.10. The molecule has 0 unspecified atom stereocenters. The highest BCUT2D eigenvalue weighted by atomic mass is 79.9. The Hall–Kier alpha value is -0.490. The van der Waals surface area contributed by atoms with Gasteiger partial charge in [-0.2, -0.15) is 0 Å². The van der Waals surface area contributed by atoms with Gasteiger partial charge in [0, 0.05) is 6.07 Å². The van der Waals surface area contributed by atoms with Crippen molar-refractivity contribution in [3.63, 3.8) is 0 Å². The maximum atomic E-state index is 11.7. The molecule has 1 rings (SSSR count). The summed E-state index contributed by atoms with van der Waals surface area (Å²) in [6, 6.07) is 2.28. The summed E-state index contributed by atoms with van der Waals surface area (Å²) in [5, 5.41) is 0.217. The van der Waals surface area contributed by atoms with Gasteiger partial charge < -0.3 is 4.74 Å². The molecule has 0 fully saturated rings. The molecule has 1 heterocycles. The fourth-order valence-electron chi connectivity index (χ4n) is 0.576. The number of nitrogens with zero attached hydrogens (tertiary/aromatic N) is 1. The van der Waals surface area contributed by atoms with Crippen LogP contribution in [0, 0.1) is 0 Å². The third-order valence-electron chi connectivity index (χ3n) is 0.998. The summed E-state index contributed by atoms with van der Waals surface area (Å²) in [5.74, 6) is -0.552. The normalized spacial score (nSPS) is 11.5. The van der Waals surface area contributed by atoms with Crippen molar-refractivity contribution >= 4 is 27.5 Å². The Kier molecular flexibility index (Phi) is 3.02. The molecule has 0 aliphatic rings. The molecule has 0 radical (unpaired) electrons. The van der Waals surface area contributed by atoms with E-state index >= 15 is 0 Å². The topological polar surface area (TPSA) is 22.1 Å². The number of halogens is 5. The van der Waals surface area contributed by atoms with Crippen molar-refractivity contribution in [2.24, 2.45) is 0 Å². The van der Waals surface area contributed by atoms with Crippen LogP contribution in [0.5, 0.6) is 5.88 Å². The number of alkyl halides is 3. The summed E-state index contributed by atoms with van der Waals surface area (Å²) < 4.78 is 38.6. The van der Waals surface area contributed by atoms with Crippen LogP contribution in [0.4, 0.5) is 13.2 Å². The van der Waals surface area contributed by atoms with Crippen LogP contribution in [0.2, 0.25) is 5.02 Å². The van der Waals surface area contributed by atoms with E-state index in [-0.39, 0.29) is 9.63 Å². The fourth-order valence-corrected chi connectivity index (χ4v) is 0.988. The molecule has 0 aliphatic heterocycles. The molecule has 0 spiro atoms. The zero-order valence-electron chi connectivity index (χ0n) is 5.90. The van der Waals surface area contributed by atoms with E-state index < -0.39 is 12.2 Å². The van der Waals surface area contributed by atoms with E-state index in [1.165, 1.54) is 6.07 Å². The van der Waals surface area contributed by atoms with Crippen LogP contribution in [0.3, 0.4) is 0 Å². The molecular formula is C6H2BrClF3NO. The summed E-state index contributed by atoms with van der Waals surface area (Å²) in [4.78, 5) is 3.40. The van der Waals surface area contributed by atoms with Crippen molar-refractivity contribution < 1.29 is 17.9 Å². The van der Waals surface area contributed by atoms with Crippen molar-refractivity contribution in [2.75, 3.05) is 0 Å². The van der Waals surface area contributed by atoms with E-state index in [1.807, 2.05) is 0 Å². The molecule has 0 amide bonds. The van der Waals surface area contributed by atoms with Gasteiger partial charge in [0.25, 0.3) is 0 Å². The largest absolute Gasteiger partial charge is 0.574 e. The smallest absolute Gasteiger partial charge is 0.388 e. The molecule has 0 saturated carbocycles. The molecule has 0 atom stereocenters. The van der Waals surface area contributed by atoms with Gasteiger partial charge in [-0.25, -0.2) is 4.98 Å². The van der Waals surface area contributed by atoms with Crippen molar-refractivity contribution in [1.82, 2.24) is 4.98 Å². The fraction of sp³-hybridized carbons (Fsp3) is 0.167. The SMILES string of the molecule is FC(F)(F)Oc1ccc(Cl)c(Br)n1. The average Bonchev–Trinajstić information content (AvgIpc) is 1.94. The quantitative estimate of drug-likeness (QED) is 0.734. The van der Waals surface area contributed by atoms with Gasteiger partial charge in [-0.05, 0) is 22.0 Å². The first-order valence-electron chi connectivity index (χ1n) is 2.96. The second-order valence-electron chi connectivity index (χ2n) is 1.97. The average molecular weight is 276 g/mol. The third-order valence-corrected chi connectivity index (χ3v) is 2.14. The van der Waals surface area contributed by atoms with E-state index in [0.29, 0.717) is 0 Å². The minimum atomic E-state index is -4.74.